The maximum absolute atomic E-state index is 10.8. The molecule has 3 heteroatoms. The lowest BCUT2D eigenvalue weighted by Gasteiger charge is -2.03. The third kappa shape index (κ3) is 4.09. The minimum atomic E-state index is -0.0963. The molecule has 1 amide bonds. The summed E-state index contributed by atoms with van der Waals surface area (Å²) < 4.78 is 0. The molecule has 0 aliphatic carbocycles. The Morgan fingerprint density at radius 1 is 1.60 bits per heavy atom. The first-order valence-corrected chi connectivity index (χ1v) is 3.33. The van der Waals surface area contributed by atoms with Gasteiger partial charge in [0.2, 0.25) is 5.91 Å². The summed E-state index contributed by atoms with van der Waals surface area (Å²) >= 11 is 0. The molecule has 0 aliphatic heterocycles. The summed E-state index contributed by atoms with van der Waals surface area (Å²) in [6, 6.07) is 0. The third-order valence-electron chi connectivity index (χ3n) is 1.01. The standard InChI is InChI=1S/C7H14N2O/c1-4-8-5-9-7(10)6(2)3/h8H,2,4-5H2,1,3H3,(H,9,10). The van der Waals surface area contributed by atoms with E-state index in [2.05, 4.69) is 17.2 Å². The third-order valence-corrected chi connectivity index (χ3v) is 1.01. The molecule has 0 rings (SSSR count). The molecule has 0 aliphatic rings. The lowest BCUT2D eigenvalue weighted by molar-refractivity contribution is -0.117. The van der Waals surface area contributed by atoms with Crippen LogP contribution in [-0.4, -0.2) is 19.1 Å². The summed E-state index contributed by atoms with van der Waals surface area (Å²) in [6.45, 7) is 8.53. The Morgan fingerprint density at radius 2 is 2.20 bits per heavy atom. The van der Waals surface area contributed by atoms with E-state index in [1.54, 1.807) is 6.92 Å². The van der Waals surface area contributed by atoms with Gasteiger partial charge in [-0.3, -0.25) is 4.79 Å². The van der Waals surface area contributed by atoms with Crippen LogP contribution >= 0.6 is 0 Å². The Bertz CT molecular complexity index is 132. The second-order valence-electron chi connectivity index (χ2n) is 2.07. The van der Waals surface area contributed by atoms with Gasteiger partial charge in [-0.15, -0.1) is 0 Å². The predicted molar refractivity (Wildman–Crippen MR) is 41.5 cm³/mol. The largest absolute Gasteiger partial charge is 0.340 e. The van der Waals surface area contributed by atoms with Crippen molar-refractivity contribution in [1.29, 1.82) is 0 Å². The fourth-order valence-electron chi connectivity index (χ4n) is 0.419. The fraction of sp³-hybridized carbons (Fsp3) is 0.571. The molecule has 0 aromatic heterocycles. The van der Waals surface area contributed by atoms with Crippen LogP contribution < -0.4 is 10.6 Å². The molecule has 0 bridgehead atoms. The van der Waals surface area contributed by atoms with Crippen molar-refractivity contribution < 1.29 is 4.79 Å². The van der Waals surface area contributed by atoms with Crippen LogP contribution in [0.1, 0.15) is 13.8 Å². The highest BCUT2D eigenvalue weighted by molar-refractivity contribution is 5.91. The summed E-state index contributed by atoms with van der Waals surface area (Å²) in [4.78, 5) is 10.8. The number of carbonyl (C=O) groups excluding carboxylic acids is 1. The highest BCUT2D eigenvalue weighted by atomic mass is 16.1. The van der Waals surface area contributed by atoms with Crippen molar-refractivity contribution >= 4 is 5.91 Å². The molecule has 0 radical (unpaired) electrons. The molecule has 0 fully saturated rings. The molecule has 0 saturated carbocycles. The first-order chi connectivity index (χ1) is 4.68. The van der Waals surface area contributed by atoms with E-state index in [1.807, 2.05) is 6.92 Å². The van der Waals surface area contributed by atoms with E-state index < -0.39 is 0 Å². The Hall–Kier alpha value is -0.830. The SMILES string of the molecule is C=C(C)C(=O)NCNCC. The molecule has 10 heavy (non-hydrogen) atoms. The zero-order valence-corrected chi connectivity index (χ0v) is 6.53. The van der Waals surface area contributed by atoms with Crippen LogP contribution in [0.2, 0.25) is 0 Å². The highest BCUT2D eigenvalue weighted by Gasteiger charge is 1.97. The van der Waals surface area contributed by atoms with E-state index in [4.69, 9.17) is 0 Å². The minimum absolute atomic E-state index is 0.0963. The molecule has 0 aromatic carbocycles. The van der Waals surface area contributed by atoms with Crippen molar-refractivity contribution in [3.05, 3.63) is 12.2 Å². The quantitative estimate of drug-likeness (QED) is 0.335. The van der Waals surface area contributed by atoms with E-state index in [0.29, 0.717) is 12.2 Å². The summed E-state index contributed by atoms with van der Waals surface area (Å²) in [5.74, 6) is -0.0963. The number of carbonyl (C=O) groups is 1. The number of hydrogen-bond acceptors (Lipinski definition) is 2. The topological polar surface area (TPSA) is 41.1 Å². The van der Waals surface area contributed by atoms with Crippen molar-refractivity contribution in [3.8, 4) is 0 Å². The van der Waals surface area contributed by atoms with Gasteiger partial charge in [-0.25, -0.2) is 0 Å². The summed E-state index contributed by atoms with van der Waals surface area (Å²) in [6.07, 6.45) is 0. The molecular formula is C7H14N2O. The van der Waals surface area contributed by atoms with Crippen molar-refractivity contribution in [3.63, 3.8) is 0 Å². The second-order valence-corrected chi connectivity index (χ2v) is 2.07. The van der Waals surface area contributed by atoms with Gasteiger partial charge in [-0.2, -0.15) is 0 Å². The van der Waals surface area contributed by atoms with E-state index in [0.717, 1.165) is 6.54 Å². The van der Waals surface area contributed by atoms with Gasteiger partial charge in [-0.05, 0) is 13.5 Å². The van der Waals surface area contributed by atoms with Crippen LogP contribution in [0.15, 0.2) is 12.2 Å². The number of rotatable bonds is 4. The molecule has 0 unspecified atom stereocenters. The molecule has 0 spiro atoms. The van der Waals surface area contributed by atoms with Gasteiger partial charge in [0.15, 0.2) is 0 Å². The van der Waals surface area contributed by atoms with Crippen LogP contribution in [0, 0.1) is 0 Å². The summed E-state index contributed by atoms with van der Waals surface area (Å²) in [5, 5.41) is 5.59. The molecule has 0 saturated heterocycles. The lowest BCUT2D eigenvalue weighted by Crippen LogP contribution is -2.33. The van der Waals surface area contributed by atoms with Gasteiger partial charge in [0.05, 0.1) is 6.67 Å². The first kappa shape index (κ1) is 9.17. The minimum Gasteiger partial charge on any atom is -0.340 e. The van der Waals surface area contributed by atoms with Crippen molar-refractivity contribution in [2.24, 2.45) is 0 Å². The average molecular weight is 142 g/mol. The average Bonchev–Trinajstić information content (AvgIpc) is 1.88. The van der Waals surface area contributed by atoms with Crippen molar-refractivity contribution in [1.82, 2.24) is 10.6 Å². The Kier molecular flexibility index (Phi) is 4.58. The van der Waals surface area contributed by atoms with Crippen LogP contribution in [0.4, 0.5) is 0 Å². The molecule has 58 valence electrons. The highest BCUT2D eigenvalue weighted by Crippen LogP contribution is 1.82. The molecule has 2 N–H and O–H groups in total. The zero-order chi connectivity index (χ0) is 7.98. The summed E-state index contributed by atoms with van der Waals surface area (Å²) in [7, 11) is 0. The van der Waals surface area contributed by atoms with E-state index in [1.165, 1.54) is 0 Å². The molecule has 0 heterocycles. The zero-order valence-electron chi connectivity index (χ0n) is 6.53. The summed E-state index contributed by atoms with van der Waals surface area (Å²) in [5.41, 5.74) is 0.540. The van der Waals surface area contributed by atoms with Gasteiger partial charge >= 0.3 is 0 Å². The number of hydrogen-bond donors (Lipinski definition) is 2. The van der Waals surface area contributed by atoms with Gasteiger partial charge in [0.25, 0.3) is 0 Å². The Morgan fingerprint density at radius 3 is 2.60 bits per heavy atom. The Balaban J connectivity index is 3.31. The number of nitrogens with one attached hydrogen (secondary N) is 2. The number of amides is 1. The van der Waals surface area contributed by atoms with Crippen LogP contribution in [0.25, 0.3) is 0 Å². The van der Waals surface area contributed by atoms with E-state index in [9.17, 15) is 4.79 Å². The molecule has 0 aromatic rings. The molecular weight excluding hydrogens is 128 g/mol. The van der Waals surface area contributed by atoms with Gasteiger partial charge in [-0.1, -0.05) is 13.5 Å². The second kappa shape index (κ2) is 4.99. The normalized spacial score (nSPS) is 9.00. The first-order valence-electron chi connectivity index (χ1n) is 3.33. The lowest BCUT2D eigenvalue weighted by atomic mass is 10.3. The van der Waals surface area contributed by atoms with E-state index >= 15 is 0 Å². The fourth-order valence-corrected chi connectivity index (χ4v) is 0.419. The van der Waals surface area contributed by atoms with Crippen LogP contribution in [0.5, 0.6) is 0 Å². The van der Waals surface area contributed by atoms with Crippen molar-refractivity contribution in [2.75, 3.05) is 13.2 Å². The van der Waals surface area contributed by atoms with Crippen LogP contribution in [0.3, 0.4) is 0 Å². The van der Waals surface area contributed by atoms with Gasteiger partial charge in [0, 0.05) is 5.57 Å². The molecule has 0 atom stereocenters. The van der Waals surface area contributed by atoms with Gasteiger partial charge < -0.3 is 10.6 Å². The van der Waals surface area contributed by atoms with Gasteiger partial charge in [0.1, 0.15) is 0 Å². The molecule has 3 nitrogen and oxygen atoms in total. The maximum Gasteiger partial charge on any atom is 0.247 e. The van der Waals surface area contributed by atoms with E-state index in [-0.39, 0.29) is 5.91 Å². The monoisotopic (exact) mass is 142 g/mol. The predicted octanol–water partition coefficient (Wildman–Crippen LogP) is 0.246. The smallest absolute Gasteiger partial charge is 0.247 e. The Labute approximate surface area is 61.5 Å². The maximum atomic E-state index is 10.8. The van der Waals surface area contributed by atoms with Crippen molar-refractivity contribution in [2.45, 2.75) is 13.8 Å². The van der Waals surface area contributed by atoms with Crippen LogP contribution in [-0.2, 0) is 4.79 Å².